The van der Waals surface area contributed by atoms with Gasteiger partial charge in [-0.15, -0.1) is 0 Å². The van der Waals surface area contributed by atoms with Crippen LogP contribution in [0.25, 0.3) is 0 Å². The molecule has 1 unspecified atom stereocenters. The largest absolute Gasteiger partial charge is 0.492 e. The van der Waals surface area contributed by atoms with Crippen LogP contribution in [0, 0.1) is 5.92 Å². The lowest BCUT2D eigenvalue weighted by Crippen LogP contribution is -2.29. The molecule has 15 heavy (non-hydrogen) atoms. The summed E-state index contributed by atoms with van der Waals surface area (Å²) >= 11 is 0. The van der Waals surface area contributed by atoms with Crippen LogP contribution in [0.1, 0.15) is 31.4 Å². The maximum atomic E-state index is 5.55. The molecule has 4 heteroatoms. The zero-order chi connectivity index (χ0) is 10.7. The SMILES string of the molecule is CCOc1cncc(C(NN)C2CC2)c1. The zero-order valence-electron chi connectivity index (χ0n) is 8.94. The van der Waals surface area contributed by atoms with E-state index in [9.17, 15) is 0 Å². The highest BCUT2D eigenvalue weighted by molar-refractivity contribution is 5.27. The van der Waals surface area contributed by atoms with Gasteiger partial charge in [0.25, 0.3) is 0 Å². The van der Waals surface area contributed by atoms with Crippen molar-refractivity contribution in [1.82, 2.24) is 10.4 Å². The standard InChI is InChI=1S/C11H17N3O/c1-2-15-10-5-9(6-13-7-10)11(14-12)8-3-4-8/h5-8,11,14H,2-4,12H2,1H3. The predicted octanol–water partition coefficient (Wildman–Crippen LogP) is 1.39. The van der Waals surface area contributed by atoms with Gasteiger partial charge in [0, 0.05) is 6.20 Å². The van der Waals surface area contributed by atoms with E-state index in [4.69, 9.17) is 10.6 Å². The van der Waals surface area contributed by atoms with E-state index >= 15 is 0 Å². The Bertz CT molecular complexity index is 325. The Labute approximate surface area is 89.8 Å². The van der Waals surface area contributed by atoms with Crippen molar-refractivity contribution in [1.29, 1.82) is 0 Å². The molecule has 0 aliphatic heterocycles. The highest BCUT2D eigenvalue weighted by atomic mass is 16.5. The number of hydrogen-bond acceptors (Lipinski definition) is 4. The fraction of sp³-hybridized carbons (Fsp3) is 0.545. The summed E-state index contributed by atoms with van der Waals surface area (Å²) in [5.74, 6) is 7.03. The Morgan fingerprint density at radius 3 is 3.00 bits per heavy atom. The zero-order valence-corrected chi connectivity index (χ0v) is 8.94. The van der Waals surface area contributed by atoms with Gasteiger partial charge >= 0.3 is 0 Å². The van der Waals surface area contributed by atoms with Gasteiger partial charge in [0.05, 0.1) is 18.8 Å². The molecule has 3 N–H and O–H groups in total. The van der Waals surface area contributed by atoms with Gasteiger partial charge in [0.15, 0.2) is 0 Å². The van der Waals surface area contributed by atoms with E-state index in [-0.39, 0.29) is 6.04 Å². The van der Waals surface area contributed by atoms with Crippen molar-refractivity contribution in [3.63, 3.8) is 0 Å². The molecule has 0 saturated heterocycles. The van der Waals surface area contributed by atoms with Crippen molar-refractivity contribution < 1.29 is 4.74 Å². The molecule has 1 aliphatic rings. The Kier molecular flexibility index (Phi) is 3.18. The van der Waals surface area contributed by atoms with Crippen molar-refractivity contribution >= 4 is 0 Å². The lowest BCUT2D eigenvalue weighted by molar-refractivity contribution is 0.337. The molecule has 0 spiro atoms. The molecule has 0 radical (unpaired) electrons. The first kappa shape index (κ1) is 10.4. The molecular weight excluding hydrogens is 190 g/mol. The molecular formula is C11H17N3O. The van der Waals surface area contributed by atoms with Gasteiger partial charge in [-0.1, -0.05) is 0 Å². The first-order valence-electron chi connectivity index (χ1n) is 5.39. The third-order valence-electron chi connectivity index (χ3n) is 2.68. The van der Waals surface area contributed by atoms with E-state index in [1.54, 1.807) is 6.20 Å². The van der Waals surface area contributed by atoms with Crippen molar-refractivity contribution in [2.24, 2.45) is 11.8 Å². The minimum absolute atomic E-state index is 0.220. The van der Waals surface area contributed by atoms with Crippen LogP contribution in [0.2, 0.25) is 0 Å². The second-order valence-electron chi connectivity index (χ2n) is 3.87. The summed E-state index contributed by atoms with van der Waals surface area (Å²) in [7, 11) is 0. The minimum Gasteiger partial charge on any atom is -0.492 e. The number of aromatic nitrogens is 1. The van der Waals surface area contributed by atoms with Crippen LogP contribution in [-0.2, 0) is 0 Å². The second kappa shape index (κ2) is 4.59. The van der Waals surface area contributed by atoms with E-state index < -0.39 is 0 Å². The average Bonchev–Trinajstić information content (AvgIpc) is 3.04. The van der Waals surface area contributed by atoms with Crippen LogP contribution in [0.5, 0.6) is 5.75 Å². The molecule has 1 aromatic rings. The molecule has 2 rings (SSSR count). The third kappa shape index (κ3) is 2.46. The Balaban J connectivity index is 2.14. The van der Waals surface area contributed by atoms with Crippen LogP contribution < -0.4 is 16.0 Å². The molecule has 1 aliphatic carbocycles. The monoisotopic (exact) mass is 207 g/mol. The van der Waals surface area contributed by atoms with Crippen molar-refractivity contribution in [2.45, 2.75) is 25.8 Å². The number of nitrogens with zero attached hydrogens (tertiary/aromatic N) is 1. The lowest BCUT2D eigenvalue weighted by Gasteiger charge is -2.15. The third-order valence-corrected chi connectivity index (χ3v) is 2.68. The molecule has 0 amide bonds. The Morgan fingerprint density at radius 2 is 2.40 bits per heavy atom. The van der Waals surface area contributed by atoms with Crippen LogP contribution in [0.4, 0.5) is 0 Å². The maximum absolute atomic E-state index is 5.55. The summed E-state index contributed by atoms with van der Waals surface area (Å²) in [5.41, 5.74) is 3.97. The summed E-state index contributed by atoms with van der Waals surface area (Å²) < 4.78 is 5.41. The van der Waals surface area contributed by atoms with Crippen molar-refractivity contribution in [3.8, 4) is 5.75 Å². The highest BCUT2D eigenvalue weighted by Gasteiger charge is 2.31. The van der Waals surface area contributed by atoms with Gasteiger partial charge in [0.1, 0.15) is 5.75 Å². The molecule has 1 heterocycles. The summed E-state index contributed by atoms with van der Waals surface area (Å²) in [6, 6.07) is 2.23. The number of hydrazine groups is 1. The quantitative estimate of drug-likeness (QED) is 0.566. The van der Waals surface area contributed by atoms with E-state index in [0.717, 1.165) is 11.3 Å². The number of hydrogen-bond donors (Lipinski definition) is 2. The van der Waals surface area contributed by atoms with Gasteiger partial charge in [-0.2, -0.15) is 0 Å². The van der Waals surface area contributed by atoms with Crippen LogP contribution in [0.3, 0.4) is 0 Å². The van der Waals surface area contributed by atoms with Crippen molar-refractivity contribution in [2.75, 3.05) is 6.61 Å². The van der Waals surface area contributed by atoms with E-state index in [2.05, 4.69) is 10.4 Å². The number of nitrogens with one attached hydrogen (secondary N) is 1. The van der Waals surface area contributed by atoms with E-state index in [1.807, 2.05) is 19.2 Å². The maximum Gasteiger partial charge on any atom is 0.137 e. The lowest BCUT2D eigenvalue weighted by atomic mass is 10.1. The summed E-state index contributed by atoms with van der Waals surface area (Å²) in [4.78, 5) is 4.16. The Morgan fingerprint density at radius 1 is 1.60 bits per heavy atom. The normalized spacial score (nSPS) is 17.5. The minimum atomic E-state index is 0.220. The number of pyridine rings is 1. The fourth-order valence-electron chi connectivity index (χ4n) is 1.79. The van der Waals surface area contributed by atoms with Gasteiger partial charge in [0.2, 0.25) is 0 Å². The smallest absolute Gasteiger partial charge is 0.137 e. The molecule has 82 valence electrons. The van der Waals surface area contributed by atoms with Gasteiger partial charge in [-0.3, -0.25) is 16.3 Å². The number of nitrogens with two attached hydrogens (primary N) is 1. The number of rotatable bonds is 5. The highest BCUT2D eigenvalue weighted by Crippen LogP contribution is 2.40. The fourth-order valence-corrected chi connectivity index (χ4v) is 1.79. The first-order valence-corrected chi connectivity index (χ1v) is 5.39. The Hall–Kier alpha value is -1.13. The van der Waals surface area contributed by atoms with Gasteiger partial charge in [-0.25, -0.2) is 0 Å². The van der Waals surface area contributed by atoms with Crippen LogP contribution >= 0.6 is 0 Å². The van der Waals surface area contributed by atoms with Crippen LogP contribution in [-0.4, -0.2) is 11.6 Å². The molecule has 4 nitrogen and oxygen atoms in total. The molecule has 0 bridgehead atoms. The summed E-state index contributed by atoms with van der Waals surface area (Å²) in [5, 5.41) is 0. The molecule has 0 aromatic carbocycles. The van der Waals surface area contributed by atoms with Gasteiger partial charge < -0.3 is 4.74 Å². The van der Waals surface area contributed by atoms with E-state index in [0.29, 0.717) is 12.5 Å². The molecule has 1 atom stereocenters. The topological polar surface area (TPSA) is 60.2 Å². The second-order valence-corrected chi connectivity index (χ2v) is 3.87. The van der Waals surface area contributed by atoms with E-state index in [1.165, 1.54) is 12.8 Å². The average molecular weight is 207 g/mol. The predicted molar refractivity (Wildman–Crippen MR) is 58.2 cm³/mol. The van der Waals surface area contributed by atoms with Crippen molar-refractivity contribution in [3.05, 3.63) is 24.0 Å². The summed E-state index contributed by atoms with van der Waals surface area (Å²) in [6.07, 6.45) is 6.07. The molecule has 1 saturated carbocycles. The molecule has 1 fully saturated rings. The van der Waals surface area contributed by atoms with Gasteiger partial charge in [-0.05, 0) is 37.3 Å². The number of ether oxygens (including phenoxy) is 1. The van der Waals surface area contributed by atoms with Crippen LogP contribution in [0.15, 0.2) is 18.5 Å². The molecule has 1 aromatic heterocycles. The first-order chi connectivity index (χ1) is 7.35. The summed E-state index contributed by atoms with van der Waals surface area (Å²) in [6.45, 7) is 2.63.